The van der Waals surface area contributed by atoms with Gasteiger partial charge >= 0.3 is 5.97 Å². The van der Waals surface area contributed by atoms with Crippen molar-refractivity contribution in [2.75, 3.05) is 12.3 Å². The SMILES string of the molecule is CC(C)C[C@@H](NCCc1ccc(-n2c(N)c(C(=O)c3ccc(F)cc3F)ccc2=O)cc1)C(=O)O[C@@H]1C[C@@H](C)CC[C@H]1C(C)C. The number of nitrogens with zero attached hydrogens (tertiary/aromatic N) is 1. The number of halogens is 2. The van der Waals surface area contributed by atoms with Crippen LogP contribution in [0.4, 0.5) is 14.6 Å². The van der Waals surface area contributed by atoms with Gasteiger partial charge in [-0.15, -0.1) is 0 Å². The fourth-order valence-electron chi connectivity index (χ4n) is 6.25. The summed E-state index contributed by atoms with van der Waals surface area (Å²) in [5.41, 5.74) is 6.78. The van der Waals surface area contributed by atoms with Gasteiger partial charge in [0.1, 0.15) is 29.6 Å². The number of rotatable bonds is 12. The minimum absolute atomic E-state index is 0.0513. The van der Waals surface area contributed by atoms with Crippen molar-refractivity contribution in [2.45, 2.75) is 78.9 Å². The molecule has 3 aromatic rings. The molecule has 4 rings (SSSR count). The molecule has 1 fully saturated rings. The fraction of sp³-hybridized carbons (Fsp3) is 0.472. The monoisotopic (exact) mass is 621 g/mol. The molecular weight excluding hydrogens is 576 g/mol. The molecule has 1 heterocycles. The van der Waals surface area contributed by atoms with Gasteiger partial charge in [-0.25, -0.2) is 8.78 Å². The Balaban J connectivity index is 1.43. The molecule has 3 N–H and O–H groups in total. The van der Waals surface area contributed by atoms with E-state index in [1.165, 1.54) is 23.1 Å². The van der Waals surface area contributed by atoms with Crippen molar-refractivity contribution in [3.05, 3.63) is 93.3 Å². The van der Waals surface area contributed by atoms with Gasteiger partial charge in [-0.3, -0.25) is 19.0 Å². The second kappa shape index (κ2) is 15.0. The summed E-state index contributed by atoms with van der Waals surface area (Å²) in [4.78, 5) is 39.1. The van der Waals surface area contributed by atoms with E-state index >= 15 is 0 Å². The first kappa shape index (κ1) is 34.0. The maximum atomic E-state index is 14.3. The van der Waals surface area contributed by atoms with Gasteiger partial charge in [0.2, 0.25) is 0 Å². The van der Waals surface area contributed by atoms with Crippen molar-refractivity contribution in [1.82, 2.24) is 9.88 Å². The number of carbonyl (C=O) groups excluding carboxylic acids is 2. The van der Waals surface area contributed by atoms with Crippen molar-refractivity contribution in [3.8, 4) is 5.69 Å². The Morgan fingerprint density at radius 2 is 1.69 bits per heavy atom. The van der Waals surface area contributed by atoms with Gasteiger partial charge in [0.05, 0.1) is 16.8 Å². The number of carbonyl (C=O) groups is 2. The third kappa shape index (κ3) is 8.45. The summed E-state index contributed by atoms with van der Waals surface area (Å²) in [6.45, 7) is 11.4. The molecule has 7 nitrogen and oxygen atoms in total. The van der Waals surface area contributed by atoms with Gasteiger partial charge in [0.15, 0.2) is 5.78 Å². The van der Waals surface area contributed by atoms with Crippen LogP contribution in [0.5, 0.6) is 0 Å². The molecule has 0 saturated heterocycles. The maximum Gasteiger partial charge on any atom is 0.323 e. The molecule has 4 atom stereocenters. The molecule has 45 heavy (non-hydrogen) atoms. The summed E-state index contributed by atoms with van der Waals surface area (Å²) in [7, 11) is 0. The Hall–Kier alpha value is -3.85. The summed E-state index contributed by atoms with van der Waals surface area (Å²) in [6, 6.07) is 11.8. The molecule has 1 aromatic heterocycles. The Morgan fingerprint density at radius 1 is 1.00 bits per heavy atom. The molecule has 2 aromatic carbocycles. The lowest BCUT2D eigenvalue weighted by molar-refractivity contribution is -0.159. The normalized spacial score (nSPS) is 19.1. The summed E-state index contributed by atoms with van der Waals surface area (Å²) < 4.78 is 35.0. The topological polar surface area (TPSA) is 103 Å². The van der Waals surface area contributed by atoms with Crippen LogP contribution in [0, 0.1) is 35.3 Å². The number of ether oxygens (including phenoxy) is 1. The number of benzene rings is 2. The molecule has 242 valence electrons. The average Bonchev–Trinajstić information content (AvgIpc) is 2.97. The number of hydrogen-bond acceptors (Lipinski definition) is 6. The molecule has 1 aliphatic rings. The van der Waals surface area contributed by atoms with Crippen LogP contribution in [0.25, 0.3) is 5.69 Å². The summed E-state index contributed by atoms with van der Waals surface area (Å²) in [5.74, 6) is -1.20. The van der Waals surface area contributed by atoms with E-state index in [4.69, 9.17) is 10.5 Å². The van der Waals surface area contributed by atoms with Crippen molar-refractivity contribution in [2.24, 2.45) is 23.7 Å². The lowest BCUT2D eigenvalue weighted by Crippen LogP contribution is -2.44. The minimum atomic E-state index is -1.01. The van der Waals surface area contributed by atoms with Crippen LogP contribution in [0.2, 0.25) is 0 Å². The first-order valence-corrected chi connectivity index (χ1v) is 15.9. The third-order valence-electron chi connectivity index (χ3n) is 8.77. The Kier molecular flexibility index (Phi) is 11.3. The Labute approximate surface area is 264 Å². The van der Waals surface area contributed by atoms with Gasteiger partial charge in [-0.2, -0.15) is 0 Å². The number of aromatic nitrogens is 1. The molecule has 1 saturated carbocycles. The second-order valence-corrected chi connectivity index (χ2v) is 13.1. The van der Waals surface area contributed by atoms with E-state index in [9.17, 15) is 23.2 Å². The van der Waals surface area contributed by atoms with Crippen molar-refractivity contribution in [1.29, 1.82) is 0 Å². The number of nitrogen functional groups attached to an aromatic ring is 1. The van der Waals surface area contributed by atoms with Crippen LogP contribution in [-0.4, -0.2) is 35.0 Å². The van der Waals surface area contributed by atoms with Crippen molar-refractivity contribution >= 4 is 17.6 Å². The second-order valence-electron chi connectivity index (χ2n) is 13.1. The van der Waals surface area contributed by atoms with Gasteiger partial charge in [0, 0.05) is 12.1 Å². The van der Waals surface area contributed by atoms with E-state index in [2.05, 4.69) is 39.9 Å². The number of anilines is 1. The number of nitrogens with two attached hydrogens (primary N) is 1. The first-order valence-electron chi connectivity index (χ1n) is 15.9. The van der Waals surface area contributed by atoms with Gasteiger partial charge < -0.3 is 15.8 Å². The number of pyridine rings is 1. The molecule has 9 heteroatoms. The zero-order valence-corrected chi connectivity index (χ0v) is 26.8. The highest BCUT2D eigenvalue weighted by molar-refractivity contribution is 6.11. The van der Waals surface area contributed by atoms with Crippen LogP contribution in [-0.2, 0) is 16.0 Å². The minimum Gasteiger partial charge on any atom is -0.461 e. The van der Waals surface area contributed by atoms with E-state index in [1.54, 1.807) is 12.1 Å². The van der Waals surface area contributed by atoms with Gasteiger partial charge in [-0.1, -0.05) is 53.2 Å². The van der Waals surface area contributed by atoms with E-state index in [0.717, 1.165) is 30.5 Å². The molecule has 0 spiro atoms. The molecule has 0 radical (unpaired) electrons. The molecule has 0 amide bonds. The highest BCUT2D eigenvalue weighted by Gasteiger charge is 2.35. The zero-order valence-electron chi connectivity index (χ0n) is 26.8. The van der Waals surface area contributed by atoms with E-state index < -0.39 is 29.0 Å². The molecule has 0 unspecified atom stereocenters. The lowest BCUT2D eigenvalue weighted by Gasteiger charge is -2.37. The van der Waals surface area contributed by atoms with E-state index in [0.29, 0.717) is 54.8 Å². The van der Waals surface area contributed by atoms with Gasteiger partial charge in [-0.05, 0) is 91.8 Å². The maximum absolute atomic E-state index is 14.3. The van der Waals surface area contributed by atoms with Crippen molar-refractivity contribution < 1.29 is 23.1 Å². The van der Waals surface area contributed by atoms with Crippen molar-refractivity contribution in [3.63, 3.8) is 0 Å². The number of ketones is 1. The standard InChI is InChI=1S/C36H45F2N3O4/c1-21(2)18-31(36(44)45-32-19-23(5)6-12-27(32)22(3)4)40-17-16-24-7-10-26(11-8-24)41-33(42)15-14-29(35(41)39)34(43)28-13-9-25(37)20-30(28)38/h7-11,13-15,20-23,27,31-32,40H,6,12,16-19,39H2,1-5H3/t23-,27-,31+,32+/m0/s1. The summed E-state index contributed by atoms with van der Waals surface area (Å²) in [6.07, 6.45) is 4.41. The lowest BCUT2D eigenvalue weighted by atomic mass is 9.75. The number of esters is 1. The quantitative estimate of drug-likeness (QED) is 0.177. The van der Waals surface area contributed by atoms with Crippen LogP contribution >= 0.6 is 0 Å². The van der Waals surface area contributed by atoms with E-state index in [1.807, 2.05) is 12.1 Å². The Bertz CT molecular complexity index is 1550. The summed E-state index contributed by atoms with van der Waals surface area (Å²) >= 11 is 0. The summed E-state index contributed by atoms with van der Waals surface area (Å²) in [5, 5.41) is 3.41. The largest absolute Gasteiger partial charge is 0.461 e. The molecular formula is C36H45F2N3O4. The van der Waals surface area contributed by atoms with Gasteiger partial charge in [0.25, 0.3) is 5.56 Å². The van der Waals surface area contributed by atoms with Crippen LogP contribution in [0.15, 0.2) is 59.4 Å². The fourth-order valence-corrected chi connectivity index (χ4v) is 6.25. The van der Waals surface area contributed by atoms with Crippen LogP contribution in [0.1, 0.15) is 81.8 Å². The third-order valence-corrected chi connectivity index (χ3v) is 8.77. The van der Waals surface area contributed by atoms with Crippen LogP contribution < -0.4 is 16.6 Å². The highest BCUT2D eigenvalue weighted by Crippen LogP contribution is 2.35. The van der Waals surface area contributed by atoms with E-state index in [-0.39, 0.29) is 29.0 Å². The smallest absolute Gasteiger partial charge is 0.323 e. The first-order chi connectivity index (χ1) is 21.3. The Morgan fingerprint density at radius 3 is 2.33 bits per heavy atom. The molecule has 0 aliphatic heterocycles. The average molecular weight is 622 g/mol. The van der Waals surface area contributed by atoms with Crippen LogP contribution in [0.3, 0.4) is 0 Å². The zero-order chi connectivity index (χ0) is 32.8. The highest BCUT2D eigenvalue weighted by atomic mass is 19.1. The predicted octanol–water partition coefficient (Wildman–Crippen LogP) is 6.48. The number of nitrogens with one attached hydrogen (secondary N) is 1. The number of hydrogen-bond donors (Lipinski definition) is 2. The molecule has 1 aliphatic carbocycles. The molecule has 0 bridgehead atoms. The predicted molar refractivity (Wildman–Crippen MR) is 172 cm³/mol.